The van der Waals surface area contributed by atoms with Crippen molar-refractivity contribution in [2.75, 3.05) is 0 Å². The highest BCUT2D eigenvalue weighted by atomic mass is 35.5. The third-order valence-corrected chi connectivity index (χ3v) is 5.26. The van der Waals surface area contributed by atoms with Crippen molar-refractivity contribution in [3.8, 4) is 5.75 Å². The van der Waals surface area contributed by atoms with E-state index in [1.807, 2.05) is 48.5 Å². The van der Waals surface area contributed by atoms with E-state index in [0.29, 0.717) is 23.6 Å². The van der Waals surface area contributed by atoms with E-state index in [1.165, 1.54) is 0 Å². The molecule has 5 heteroatoms. The first-order valence-corrected chi connectivity index (χ1v) is 9.13. The monoisotopic (exact) mass is 380 g/mol. The van der Waals surface area contributed by atoms with Gasteiger partial charge in [-0.1, -0.05) is 48.0 Å². The van der Waals surface area contributed by atoms with Crippen LogP contribution in [0.15, 0.2) is 60.7 Å². The first-order chi connectivity index (χ1) is 13.0. The average molecular weight is 381 g/mol. The van der Waals surface area contributed by atoms with Gasteiger partial charge < -0.3 is 9.84 Å². The largest absolute Gasteiger partial charge is 0.481 e. The molecule has 1 aliphatic rings. The molecule has 4 rings (SSSR count). The summed E-state index contributed by atoms with van der Waals surface area (Å²) in [6.07, 6.45) is 4.34. The van der Waals surface area contributed by atoms with Crippen molar-refractivity contribution < 1.29 is 19.4 Å². The van der Waals surface area contributed by atoms with Gasteiger partial charge in [-0.15, -0.1) is 0 Å². The fourth-order valence-corrected chi connectivity index (χ4v) is 3.82. The van der Waals surface area contributed by atoms with Gasteiger partial charge in [0.15, 0.2) is 0 Å². The Morgan fingerprint density at radius 2 is 1.63 bits per heavy atom. The number of rotatable bonds is 3. The number of benzene rings is 3. The summed E-state index contributed by atoms with van der Waals surface area (Å²) in [5, 5.41) is 13.4. The van der Waals surface area contributed by atoms with Crippen LogP contribution in [0.3, 0.4) is 0 Å². The molecule has 0 amide bonds. The molecule has 0 spiro atoms. The zero-order chi connectivity index (χ0) is 19.0. The quantitative estimate of drug-likeness (QED) is 0.293. The molecule has 136 valence electrons. The Labute approximate surface area is 161 Å². The number of hydrogen-bond donors (Lipinski definition) is 1. The number of halogens is 1. The lowest BCUT2D eigenvalue weighted by atomic mass is 9.83. The predicted octanol–water partition coefficient (Wildman–Crippen LogP) is 5.22. The first-order valence-electron chi connectivity index (χ1n) is 8.75. The van der Waals surface area contributed by atoms with E-state index < -0.39 is 23.8 Å². The molecule has 0 saturated heterocycles. The lowest BCUT2D eigenvalue weighted by molar-refractivity contribution is -0.152. The predicted molar refractivity (Wildman–Crippen MR) is 105 cm³/mol. The van der Waals surface area contributed by atoms with Gasteiger partial charge in [0.2, 0.25) is 0 Å². The van der Waals surface area contributed by atoms with Gasteiger partial charge in [0, 0.05) is 15.8 Å². The molecule has 0 radical (unpaired) electrons. The zero-order valence-electron chi connectivity index (χ0n) is 14.4. The highest BCUT2D eigenvalue weighted by molar-refractivity contribution is 6.31. The molecule has 3 aromatic rings. The summed E-state index contributed by atoms with van der Waals surface area (Å²) >= 11 is 6.12. The molecule has 1 N–H and O–H groups in total. The molecule has 0 heterocycles. The number of hydrogen-bond acceptors (Lipinski definition) is 3. The SMILES string of the molecule is O=C(O)C1CC=CCC1C(=O)Oc1c2ccccc2cc2cc(Cl)ccc12. The lowest BCUT2D eigenvalue weighted by Gasteiger charge is -2.24. The maximum absolute atomic E-state index is 12.9. The molecule has 0 aliphatic heterocycles. The zero-order valence-corrected chi connectivity index (χ0v) is 15.1. The minimum atomic E-state index is -0.976. The molecule has 0 fully saturated rings. The maximum atomic E-state index is 12.9. The second-order valence-corrected chi connectivity index (χ2v) is 7.14. The van der Waals surface area contributed by atoms with Crippen molar-refractivity contribution in [3.63, 3.8) is 0 Å². The number of aliphatic carboxylic acids is 1. The van der Waals surface area contributed by atoms with E-state index in [4.69, 9.17) is 16.3 Å². The molecule has 0 saturated carbocycles. The summed E-state index contributed by atoms with van der Waals surface area (Å²) in [5.74, 6) is -2.51. The Hall–Kier alpha value is -2.85. The van der Waals surface area contributed by atoms with Gasteiger partial charge in [0.1, 0.15) is 5.75 Å². The van der Waals surface area contributed by atoms with Crippen molar-refractivity contribution in [3.05, 3.63) is 65.7 Å². The van der Waals surface area contributed by atoms with E-state index in [2.05, 4.69) is 0 Å². The highest BCUT2D eigenvalue weighted by Gasteiger charge is 2.35. The Morgan fingerprint density at radius 3 is 2.41 bits per heavy atom. The molecular weight excluding hydrogens is 364 g/mol. The van der Waals surface area contributed by atoms with Gasteiger partial charge in [-0.3, -0.25) is 9.59 Å². The standard InChI is InChI=1S/C22H17ClO4/c23-15-9-10-17-14(12-15)11-13-5-1-2-6-16(13)20(17)27-22(26)19-8-4-3-7-18(19)21(24)25/h1-6,9-12,18-19H,7-8H2,(H,24,25). The number of fused-ring (bicyclic) bond motifs is 2. The van der Waals surface area contributed by atoms with Crippen LogP contribution in [0.4, 0.5) is 0 Å². The van der Waals surface area contributed by atoms with Crippen LogP contribution in [-0.4, -0.2) is 17.0 Å². The normalized spacial score (nSPS) is 19.3. The smallest absolute Gasteiger partial charge is 0.315 e. The van der Waals surface area contributed by atoms with Crippen LogP contribution in [0.5, 0.6) is 5.75 Å². The van der Waals surface area contributed by atoms with E-state index in [1.54, 1.807) is 12.1 Å². The molecule has 2 atom stereocenters. The number of carbonyl (C=O) groups is 2. The van der Waals surface area contributed by atoms with Gasteiger partial charge in [-0.05, 0) is 47.9 Å². The maximum Gasteiger partial charge on any atom is 0.315 e. The summed E-state index contributed by atoms with van der Waals surface area (Å²) in [4.78, 5) is 24.4. The number of carbonyl (C=O) groups excluding carboxylic acids is 1. The number of ether oxygens (including phenoxy) is 1. The lowest BCUT2D eigenvalue weighted by Crippen LogP contribution is -2.33. The van der Waals surface area contributed by atoms with Crippen LogP contribution < -0.4 is 4.74 Å². The molecule has 3 aromatic carbocycles. The molecule has 2 unspecified atom stereocenters. The second-order valence-electron chi connectivity index (χ2n) is 6.71. The van der Waals surface area contributed by atoms with Crippen molar-refractivity contribution in [1.82, 2.24) is 0 Å². The Balaban J connectivity index is 1.81. The minimum absolute atomic E-state index is 0.334. The van der Waals surface area contributed by atoms with Crippen LogP contribution >= 0.6 is 11.6 Å². The van der Waals surface area contributed by atoms with Crippen LogP contribution in [0.2, 0.25) is 5.02 Å². The minimum Gasteiger partial charge on any atom is -0.481 e. The molecule has 27 heavy (non-hydrogen) atoms. The topological polar surface area (TPSA) is 63.6 Å². The third-order valence-electron chi connectivity index (χ3n) is 5.03. The number of carboxylic acid groups (broad SMARTS) is 1. The summed E-state index contributed by atoms with van der Waals surface area (Å²) < 4.78 is 5.82. The second kappa shape index (κ2) is 7.05. The molecule has 1 aliphatic carbocycles. The molecular formula is C22H17ClO4. The molecule has 0 aromatic heterocycles. The van der Waals surface area contributed by atoms with E-state index in [0.717, 1.165) is 21.5 Å². The Bertz CT molecular complexity index is 1090. The van der Waals surface area contributed by atoms with Crippen LogP contribution in [0.1, 0.15) is 12.8 Å². The van der Waals surface area contributed by atoms with Crippen molar-refractivity contribution >= 4 is 45.1 Å². The fourth-order valence-electron chi connectivity index (χ4n) is 3.64. The van der Waals surface area contributed by atoms with E-state index in [-0.39, 0.29) is 0 Å². The summed E-state index contributed by atoms with van der Waals surface area (Å²) in [5.41, 5.74) is 0. The van der Waals surface area contributed by atoms with E-state index in [9.17, 15) is 14.7 Å². The van der Waals surface area contributed by atoms with Gasteiger partial charge in [0.25, 0.3) is 0 Å². The highest BCUT2D eigenvalue weighted by Crippen LogP contribution is 2.37. The number of allylic oxidation sites excluding steroid dienone is 2. The Kier molecular flexibility index (Phi) is 4.58. The van der Waals surface area contributed by atoms with E-state index >= 15 is 0 Å². The number of esters is 1. The third kappa shape index (κ3) is 3.28. The van der Waals surface area contributed by atoms with Gasteiger partial charge >= 0.3 is 11.9 Å². The first kappa shape index (κ1) is 17.6. The van der Waals surface area contributed by atoms with Crippen molar-refractivity contribution in [2.45, 2.75) is 12.8 Å². The summed E-state index contributed by atoms with van der Waals surface area (Å²) in [6, 6.07) is 15.0. The van der Waals surface area contributed by atoms with Gasteiger partial charge in [0.05, 0.1) is 11.8 Å². The van der Waals surface area contributed by atoms with Gasteiger partial charge in [-0.2, -0.15) is 0 Å². The summed E-state index contributed by atoms with van der Waals surface area (Å²) in [7, 11) is 0. The van der Waals surface area contributed by atoms with Crippen LogP contribution in [0.25, 0.3) is 21.5 Å². The van der Waals surface area contributed by atoms with Crippen LogP contribution in [-0.2, 0) is 9.59 Å². The Morgan fingerprint density at radius 1 is 0.926 bits per heavy atom. The molecule has 0 bridgehead atoms. The number of carboxylic acids is 1. The fraction of sp³-hybridized carbons (Fsp3) is 0.182. The average Bonchev–Trinajstić information content (AvgIpc) is 2.67. The van der Waals surface area contributed by atoms with Crippen molar-refractivity contribution in [1.29, 1.82) is 0 Å². The van der Waals surface area contributed by atoms with Crippen LogP contribution in [0, 0.1) is 11.8 Å². The molecule has 4 nitrogen and oxygen atoms in total. The van der Waals surface area contributed by atoms with Crippen molar-refractivity contribution in [2.24, 2.45) is 11.8 Å². The summed E-state index contributed by atoms with van der Waals surface area (Å²) in [6.45, 7) is 0. The van der Waals surface area contributed by atoms with Gasteiger partial charge in [-0.25, -0.2) is 0 Å².